The zero-order chi connectivity index (χ0) is 14.9. The summed E-state index contributed by atoms with van der Waals surface area (Å²) in [5, 5.41) is 12.4. The molecule has 0 saturated heterocycles. The lowest BCUT2D eigenvalue weighted by Crippen LogP contribution is -2.49. The van der Waals surface area contributed by atoms with Crippen molar-refractivity contribution in [2.24, 2.45) is 5.92 Å². The topological polar surface area (TPSA) is 66.0 Å². The summed E-state index contributed by atoms with van der Waals surface area (Å²) in [4.78, 5) is 12.5. The summed E-state index contributed by atoms with van der Waals surface area (Å²) in [5.41, 5.74) is 0.723. The van der Waals surface area contributed by atoms with E-state index in [0.29, 0.717) is 17.2 Å². The number of nitrogens with zero attached hydrogens (tertiary/aromatic N) is 1. The molecule has 1 saturated carbocycles. The smallest absolute Gasteiger partial charge is 0.256 e. The van der Waals surface area contributed by atoms with Gasteiger partial charge in [-0.1, -0.05) is 6.92 Å². The molecule has 1 N–H and O–H groups in total. The van der Waals surface area contributed by atoms with E-state index in [0.717, 1.165) is 37.0 Å². The minimum Gasteiger partial charge on any atom is -0.466 e. The van der Waals surface area contributed by atoms with E-state index in [1.807, 2.05) is 13.8 Å². The van der Waals surface area contributed by atoms with Crippen molar-refractivity contribution in [3.63, 3.8) is 0 Å². The Morgan fingerprint density at radius 2 is 1.90 bits per heavy atom. The highest BCUT2D eigenvalue weighted by molar-refractivity contribution is 5.97. The summed E-state index contributed by atoms with van der Waals surface area (Å²) in [6.45, 7) is 7.71. The van der Waals surface area contributed by atoms with Gasteiger partial charge in [0.05, 0.1) is 11.6 Å². The summed E-state index contributed by atoms with van der Waals surface area (Å²) in [6, 6.07) is 2.32. The second-order valence-corrected chi connectivity index (χ2v) is 6.04. The highest BCUT2D eigenvalue weighted by Gasteiger charge is 2.36. The molecular formula is C16H22N2O2. The fourth-order valence-corrected chi connectivity index (χ4v) is 2.93. The minimum atomic E-state index is -0.715. The van der Waals surface area contributed by atoms with Gasteiger partial charge in [-0.05, 0) is 52.4 Å². The number of hydrogen-bond donors (Lipinski definition) is 1. The van der Waals surface area contributed by atoms with Crippen molar-refractivity contribution in [3.05, 3.63) is 22.6 Å². The predicted octanol–water partition coefficient (Wildman–Crippen LogP) is 3.41. The van der Waals surface area contributed by atoms with Crippen molar-refractivity contribution in [1.29, 1.82) is 5.26 Å². The first kappa shape index (κ1) is 14.6. The second kappa shape index (κ2) is 5.32. The van der Waals surface area contributed by atoms with E-state index < -0.39 is 5.54 Å². The van der Waals surface area contributed by atoms with Crippen LogP contribution in [0.25, 0.3) is 0 Å². The van der Waals surface area contributed by atoms with Crippen LogP contribution in [0.4, 0.5) is 0 Å². The molecule has 2 rings (SSSR count). The number of rotatable bonds is 2. The quantitative estimate of drug-likeness (QED) is 0.898. The largest absolute Gasteiger partial charge is 0.466 e. The van der Waals surface area contributed by atoms with E-state index >= 15 is 0 Å². The molecule has 0 spiro atoms. The van der Waals surface area contributed by atoms with Crippen molar-refractivity contribution in [3.8, 4) is 6.07 Å². The molecule has 1 aromatic rings. The summed E-state index contributed by atoms with van der Waals surface area (Å²) >= 11 is 0. The number of hydrogen-bond acceptors (Lipinski definition) is 3. The first-order valence-electron chi connectivity index (χ1n) is 7.19. The van der Waals surface area contributed by atoms with Crippen LogP contribution in [0, 0.1) is 38.0 Å². The molecule has 1 aromatic heterocycles. The van der Waals surface area contributed by atoms with E-state index in [-0.39, 0.29) is 5.91 Å². The molecule has 0 aliphatic heterocycles. The van der Waals surface area contributed by atoms with Gasteiger partial charge in [0, 0.05) is 5.56 Å². The lowest BCUT2D eigenvalue weighted by molar-refractivity contribution is 0.0892. The van der Waals surface area contributed by atoms with Gasteiger partial charge < -0.3 is 9.73 Å². The average molecular weight is 274 g/mol. The standard InChI is InChI=1S/C16H22N2O2/c1-10-5-7-16(9-17,8-6-10)18-15(19)14-11(2)12(3)20-13(14)4/h10H,5-8H2,1-4H3,(H,18,19). The van der Waals surface area contributed by atoms with Crippen LogP contribution in [-0.4, -0.2) is 11.4 Å². The van der Waals surface area contributed by atoms with Crippen molar-refractivity contribution in [2.45, 2.75) is 58.9 Å². The Balaban J connectivity index is 2.20. The van der Waals surface area contributed by atoms with Gasteiger partial charge >= 0.3 is 0 Å². The van der Waals surface area contributed by atoms with Crippen LogP contribution in [0.1, 0.15) is 60.0 Å². The summed E-state index contributed by atoms with van der Waals surface area (Å²) in [5.74, 6) is 1.83. The first-order chi connectivity index (χ1) is 9.38. The number of furan rings is 1. The summed E-state index contributed by atoms with van der Waals surface area (Å²) in [6.07, 6.45) is 3.42. The maximum absolute atomic E-state index is 12.5. The number of carbonyl (C=O) groups is 1. The summed E-state index contributed by atoms with van der Waals surface area (Å²) in [7, 11) is 0. The van der Waals surface area contributed by atoms with Gasteiger partial charge in [-0.15, -0.1) is 0 Å². The lowest BCUT2D eigenvalue weighted by atomic mass is 9.78. The van der Waals surface area contributed by atoms with Gasteiger partial charge in [0.15, 0.2) is 0 Å². The lowest BCUT2D eigenvalue weighted by Gasteiger charge is -2.34. The van der Waals surface area contributed by atoms with E-state index in [2.05, 4.69) is 18.3 Å². The van der Waals surface area contributed by atoms with Gasteiger partial charge in [0.1, 0.15) is 17.1 Å². The highest BCUT2D eigenvalue weighted by Crippen LogP contribution is 2.32. The number of aryl methyl sites for hydroxylation is 2. The second-order valence-electron chi connectivity index (χ2n) is 6.04. The summed E-state index contributed by atoms with van der Waals surface area (Å²) < 4.78 is 5.50. The van der Waals surface area contributed by atoms with Gasteiger partial charge in [0.2, 0.25) is 0 Å². The van der Waals surface area contributed by atoms with Crippen LogP contribution in [0.2, 0.25) is 0 Å². The number of nitrogens with one attached hydrogen (secondary N) is 1. The average Bonchev–Trinajstić information content (AvgIpc) is 2.66. The number of carbonyl (C=O) groups excluding carboxylic acids is 1. The highest BCUT2D eigenvalue weighted by atomic mass is 16.3. The Bertz CT molecular complexity index is 558. The normalized spacial score (nSPS) is 26.1. The maximum Gasteiger partial charge on any atom is 0.256 e. The first-order valence-corrected chi connectivity index (χ1v) is 7.19. The van der Waals surface area contributed by atoms with Gasteiger partial charge in [-0.25, -0.2) is 0 Å². The number of nitriles is 1. The molecule has 20 heavy (non-hydrogen) atoms. The van der Waals surface area contributed by atoms with Crippen molar-refractivity contribution < 1.29 is 9.21 Å². The Hall–Kier alpha value is -1.76. The fraction of sp³-hybridized carbons (Fsp3) is 0.625. The zero-order valence-electron chi connectivity index (χ0n) is 12.7. The van der Waals surface area contributed by atoms with Crippen LogP contribution in [0.15, 0.2) is 4.42 Å². The van der Waals surface area contributed by atoms with Crippen molar-refractivity contribution in [1.82, 2.24) is 5.32 Å². The van der Waals surface area contributed by atoms with Crippen LogP contribution in [0.3, 0.4) is 0 Å². The van der Waals surface area contributed by atoms with E-state index in [1.54, 1.807) is 6.92 Å². The van der Waals surface area contributed by atoms with Crippen LogP contribution in [0.5, 0.6) is 0 Å². The molecule has 1 amide bonds. The van der Waals surface area contributed by atoms with Gasteiger partial charge in [0.25, 0.3) is 5.91 Å². The molecule has 1 aliphatic carbocycles. The van der Waals surface area contributed by atoms with E-state index in [4.69, 9.17) is 4.42 Å². The Kier molecular flexibility index (Phi) is 3.89. The third kappa shape index (κ3) is 2.58. The van der Waals surface area contributed by atoms with Gasteiger partial charge in [-0.3, -0.25) is 4.79 Å². The molecule has 0 unspecified atom stereocenters. The Morgan fingerprint density at radius 3 is 2.35 bits per heavy atom. The predicted molar refractivity (Wildman–Crippen MR) is 76.4 cm³/mol. The van der Waals surface area contributed by atoms with Crippen LogP contribution in [-0.2, 0) is 0 Å². The molecule has 0 radical (unpaired) electrons. The third-order valence-corrected chi connectivity index (χ3v) is 4.48. The molecule has 1 aliphatic rings. The minimum absolute atomic E-state index is 0.187. The molecule has 0 bridgehead atoms. The number of amides is 1. The third-order valence-electron chi connectivity index (χ3n) is 4.48. The SMILES string of the molecule is Cc1oc(C)c(C(=O)NC2(C#N)CCC(C)CC2)c1C. The molecule has 4 nitrogen and oxygen atoms in total. The molecule has 0 atom stereocenters. The molecule has 1 heterocycles. The Morgan fingerprint density at radius 1 is 1.30 bits per heavy atom. The van der Waals surface area contributed by atoms with Crippen LogP contribution >= 0.6 is 0 Å². The van der Waals surface area contributed by atoms with Crippen molar-refractivity contribution >= 4 is 5.91 Å². The Labute approximate surface area is 120 Å². The molecule has 4 heteroatoms. The molecule has 0 aromatic carbocycles. The monoisotopic (exact) mass is 274 g/mol. The van der Waals surface area contributed by atoms with Crippen molar-refractivity contribution in [2.75, 3.05) is 0 Å². The van der Waals surface area contributed by atoms with E-state index in [1.165, 1.54) is 0 Å². The molecule has 1 fully saturated rings. The van der Waals surface area contributed by atoms with Gasteiger partial charge in [-0.2, -0.15) is 5.26 Å². The van der Waals surface area contributed by atoms with E-state index in [9.17, 15) is 10.1 Å². The van der Waals surface area contributed by atoms with Crippen LogP contribution < -0.4 is 5.32 Å². The zero-order valence-corrected chi connectivity index (χ0v) is 12.7. The fourth-order valence-electron chi connectivity index (χ4n) is 2.93. The molecular weight excluding hydrogens is 252 g/mol. The molecule has 108 valence electrons. The maximum atomic E-state index is 12.5.